The number of aromatic nitrogens is 2. The van der Waals surface area contributed by atoms with E-state index in [1.54, 1.807) is 7.11 Å². The molecule has 0 radical (unpaired) electrons. The summed E-state index contributed by atoms with van der Waals surface area (Å²) in [7, 11) is 1.71. The number of hydrogen-bond acceptors (Lipinski definition) is 5. The summed E-state index contributed by atoms with van der Waals surface area (Å²) in [4.78, 5) is 2.43. The molecule has 2 N–H and O–H groups in total. The van der Waals surface area contributed by atoms with Crippen molar-refractivity contribution in [1.82, 2.24) is 15.5 Å². The molecule has 1 aliphatic heterocycles. The molecule has 0 amide bonds. The Hall–Kier alpha value is -2.73. The molecule has 1 fully saturated rings. The first-order valence-electron chi connectivity index (χ1n) is 9.41. The van der Waals surface area contributed by atoms with Gasteiger partial charge in [0.2, 0.25) is 0 Å². The van der Waals surface area contributed by atoms with Gasteiger partial charge in [-0.1, -0.05) is 6.07 Å². The van der Waals surface area contributed by atoms with Gasteiger partial charge in [0.25, 0.3) is 0 Å². The van der Waals surface area contributed by atoms with Crippen LogP contribution in [0, 0.1) is 12.8 Å². The minimum absolute atomic E-state index is 0.636. The smallest absolute Gasteiger partial charge is 0.152 e. The van der Waals surface area contributed by atoms with Gasteiger partial charge in [-0.15, -0.1) is 0 Å². The first-order valence-corrected chi connectivity index (χ1v) is 9.41. The van der Waals surface area contributed by atoms with Crippen LogP contribution in [0.15, 0.2) is 47.0 Å². The molecule has 0 aliphatic carbocycles. The van der Waals surface area contributed by atoms with E-state index in [-0.39, 0.29) is 0 Å². The summed E-state index contributed by atoms with van der Waals surface area (Å²) in [6.07, 6.45) is 3.07. The zero-order valence-electron chi connectivity index (χ0n) is 15.9. The van der Waals surface area contributed by atoms with Crippen LogP contribution in [0.3, 0.4) is 0 Å². The number of rotatable bonds is 7. The summed E-state index contributed by atoms with van der Waals surface area (Å²) < 4.78 is 11.1. The number of hydrogen-bond donors (Lipinski definition) is 2. The minimum Gasteiger partial charge on any atom is -0.497 e. The van der Waals surface area contributed by atoms with E-state index in [0.29, 0.717) is 5.92 Å². The Morgan fingerprint density at radius 3 is 3.07 bits per heavy atom. The van der Waals surface area contributed by atoms with Gasteiger partial charge in [0.1, 0.15) is 17.2 Å². The van der Waals surface area contributed by atoms with Crippen molar-refractivity contribution in [3.8, 4) is 17.2 Å². The van der Waals surface area contributed by atoms with Crippen LogP contribution in [0.4, 0.5) is 5.69 Å². The summed E-state index contributed by atoms with van der Waals surface area (Å²) in [5.74, 6) is 3.29. The highest BCUT2D eigenvalue weighted by Gasteiger charge is 2.23. The zero-order valence-corrected chi connectivity index (χ0v) is 15.9. The Morgan fingerprint density at radius 2 is 2.26 bits per heavy atom. The molecule has 0 spiro atoms. The van der Waals surface area contributed by atoms with Gasteiger partial charge in [-0.3, -0.25) is 5.10 Å². The molecule has 1 unspecified atom stereocenters. The standard InChI is InChI=1S/C21H26N4O2/c1-15-6-7-20(27-15)21-17(13-23-24-21)12-22-11-16-8-9-25(14-16)18-4-3-5-19(10-18)26-2/h3-7,10,13,16,22H,8-9,11-12,14H2,1-2H3,(H,23,24). The Kier molecular flexibility index (Phi) is 5.16. The fourth-order valence-corrected chi connectivity index (χ4v) is 3.68. The fourth-order valence-electron chi connectivity index (χ4n) is 3.68. The first kappa shape index (κ1) is 17.7. The number of anilines is 1. The monoisotopic (exact) mass is 366 g/mol. The number of aryl methyl sites for hydroxylation is 1. The largest absolute Gasteiger partial charge is 0.497 e. The summed E-state index contributed by atoms with van der Waals surface area (Å²) in [5.41, 5.74) is 3.33. The lowest BCUT2D eigenvalue weighted by Crippen LogP contribution is -2.26. The van der Waals surface area contributed by atoms with E-state index in [1.165, 1.54) is 12.1 Å². The number of ether oxygens (including phenoxy) is 1. The predicted octanol–water partition coefficient (Wildman–Crippen LogP) is 3.60. The van der Waals surface area contributed by atoms with E-state index >= 15 is 0 Å². The third kappa shape index (κ3) is 4.01. The van der Waals surface area contributed by atoms with Crippen molar-refractivity contribution in [2.75, 3.05) is 31.6 Å². The fraction of sp³-hybridized carbons (Fsp3) is 0.381. The van der Waals surface area contributed by atoms with E-state index in [2.05, 4.69) is 38.6 Å². The van der Waals surface area contributed by atoms with Crippen LogP contribution < -0.4 is 15.0 Å². The number of methoxy groups -OCH3 is 1. The van der Waals surface area contributed by atoms with Crippen LogP contribution in [0.25, 0.3) is 11.5 Å². The zero-order chi connectivity index (χ0) is 18.6. The Bertz CT molecular complexity index is 886. The van der Waals surface area contributed by atoms with Gasteiger partial charge >= 0.3 is 0 Å². The van der Waals surface area contributed by atoms with Gasteiger partial charge in [-0.05, 0) is 43.5 Å². The second kappa shape index (κ2) is 7.88. The third-order valence-corrected chi connectivity index (χ3v) is 5.16. The van der Waals surface area contributed by atoms with Gasteiger partial charge in [0.15, 0.2) is 5.76 Å². The minimum atomic E-state index is 0.636. The number of furan rings is 1. The van der Waals surface area contributed by atoms with Gasteiger partial charge in [0.05, 0.1) is 13.3 Å². The highest BCUT2D eigenvalue weighted by Crippen LogP contribution is 2.27. The summed E-state index contributed by atoms with van der Waals surface area (Å²) in [6, 6.07) is 12.3. The number of nitrogens with zero attached hydrogens (tertiary/aromatic N) is 2. The maximum absolute atomic E-state index is 5.71. The lowest BCUT2D eigenvalue weighted by atomic mass is 10.1. The molecule has 142 valence electrons. The second-order valence-electron chi connectivity index (χ2n) is 7.11. The molecule has 6 heteroatoms. The maximum Gasteiger partial charge on any atom is 0.152 e. The number of benzene rings is 1. The summed E-state index contributed by atoms with van der Waals surface area (Å²) in [5, 5.41) is 10.8. The molecule has 3 heterocycles. The predicted molar refractivity (Wildman–Crippen MR) is 106 cm³/mol. The molecule has 27 heavy (non-hydrogen) atoms. The summed E-state index contributed by atoms with van der Waals surface area (Å²) >= 11 is 0. The molecule has 2 aromatic heterocycles. The van der Waals surface area contributed by atoms with E-state index < -0.39 is 0 Å². The molecule has 6 nitrogen and oxygen atoms in total. The van der Waals surface area contributed by atoms with Gasteiger partial charge < -0.3 is 19.4 Å². The van der Waals surface area contributed by atoms with Gasteiger partial charge in [-0.25, -0.2) is 0 Å². The number of nitrogens with one attached hydrogen (secondary N) is 2. The van der Waals surface area contributed by atoms with Crippen molar-refractivity contribution in [3.63, 3.8) is 0 Å². The van der Waals surface area contributed by atoms with E-state index in [9.17, 15) is 0 Å². The molecular formula is C21H26N4O2. The molecular weight excluding hydrogens is 340 g/mol. The van der Waals surface area contributed by atoms with Gasteiger partial charge in [0, 0.05) is 43.5 Å². The lowest BCUT2D eigenvalue weighted by Gasteiger charge is -2.19. The number of aromatic amines is 1. The molecule has 1 saturated heterocycles. The van der Waals surface area contributed by atoms with Crippen molar-refractivity contribution in [3.05, 3.63) is 53.9 Å². The SMILES string of the molecule is COc1cccc(N2CCC(CNCc3cn[nH]c3-c3ccc(C)o3)C2)c1. The van der Waals surface area contributed by atoms with Crippen LogP contribution in [-0.2, 0) is 6.54 Å². The lowest BCUT2D eigenvalue weighted by molar-refractivity contribution is 0.415. The van der Waals surface area contributed by atoms with Gasteiger partial charge in [-0.2, -0.15) is 5.10 Å². The van der Waals surface area contributed by atoms with Crippen molar-refractivity contribution < 1.29 is 9.15 Å². The van der Waals surface area contributed by atoms with E-state index in [0.717, 1.165) is 54.7 Å². The molecule has 0 bridgehead atoms. The molecule has 1 atom stereocenters. The van der Waals surface area contributed by atoms with Crippen LogP contribution in [0.1, 0.15) is 17.7 Å². The Balaban J connectivity index is 1.30. The van der Waals surface area contributed by atoms with Crippen molar-refractivity contribution in [1.29, 1.82) is 0 Å². The third-order valence-electron chi connectivity index (χ3n) is 5.16. The number of H-pyrrole nitrogens is 1. The average Bonchev–Trinajstić information content (AvgIpc) is 3.43. The highest BCUT2D eigenvalue weighted by molar-refractivity contribution is 5.56. The molecule has 4 rings (SSSR count). The Labute approximate surface area is 159 Å². The normalized spacial score (nSPS) is 16.8. The van der Waals surface area contributed by atoms with E-state index in [4.69, 9.17) is 9.15 Å². The summed E-state index contributed by atoms with van der Waals surface area (Å²) in [6.45, 7) is 5.87. The molecule has 1 aliphatic rings. The topological polar surface area (TPSA) is 66.3 Å². The van der Waals surface area contributed by atoms with Crippen LogP contribution in [0.5, 0.6) is 5.75 Å². The molecule has 3 aromatic rings. The first-order chi connectivity index (χ1) is 13.2. The van der Waals surface area contributed by atoms with Crippen molar-refractivity contribution in [2.45, 2.75) is 19.9 Å². The quantitative estimate of drug-likeness (QED) is 0.669. The Morgan fingerprint density at radius 1 is 1.33 bits per heavy atom. The van der Waals surface area contributed by atoms with Crippen LogP contribution in [-0.4, -0.2) is 36.9 Å². The van der Waals surface area contributed by atoms with Crippen LogP contribution in [0.2, 0.25) is 0 Å². The van der Waals surface area contributed by atoms with Crippen LogP contribution >= 0.6 is 0 Å². The van der Waals surface area contributed by atoms with E-state index in [1.807, 2.05) is 31.3 Å². The van der Waals surface area contributed by atoms with Crippen molar-refractivity contribution in [2.24, 2.45) is 5.92 Å². The molecule has 1 aromatic carbocycles. The molecule has 0 saturated carbocycles. The highest BCUT2D eigenvalue weighted by atomic mass is 16.5. The maximum atomic E-state index is 5.71. The average molecular weight is 366 g/mol. The second-order valence-corrected chi connectivity index (χ2v) is 7.11. The van der Waals surface area contributed by atoms with Crippen molar-refractivity contribution >= 4 is 5.69 Å².